The van der Waals surface area contributed by atoms with Crippen LogP contribution < -0.4 is 10.2 Å². The third-order valence-electron chi connectivity index (χ3n) is 3.85. The molecule has 4 nitrogen and oxygen atoms in total. The first kappa shape index (κ1) is 16.3. The molecule has 0 atom stereocenters. The number of rotatable bonds is 3. The molecule has 0 bridgehead atoms. The Kier molecular flexibility index (Phi) is 4.40. The highest BCUT2D eigenvalue weighted by atomic mass is 35.5. The summed E-state index contributed by atoms with van der Waals surface area (Å²) in [7, 11) is 3.98. The van der Waals surface area contributed by atoms with E-state index in [0.717, 1.165) is 22.3 Å². The van der Waals surface area contributed by atoms with E-state index in [4.69, 9.17) is 11.6 Å². The van der Waals surface area contributed by atoms with Gasteiger partial charge in [0.2, 0.25) is 0 Å². The Morgan fingerprint density at radius 1 is 1.17 bits per heavy atom. The summed E-state index contributed by atoms with van der Waals surface area (Å²) in [4.78, 5) is 19.0. The maximum atomic E-state index is 12.7. The van der Waals surface area contributed by atoms with Gasteiger partial charge in [0, 0.05) is 42.1 Å². The molecule has 3 rings (SSSR count). The number of hydrogen-bond donors (Lipinski definition) is 1. The molecule has 0 aliphatic carbocycles. The van der Waals surface area contributed by atoms with E-state index in [1.54, 1.807) is 18.3 Å². The summed E-state index contributed by atoms with van der Waals surface area (Å²) in [5.41, 5.74) is 4.05. The predicted octanol–water partition coefficient (Wildman–Crippen LogP) is 4.51. The van der Waals surface area contributed by atoms with Crippen molar-refractivity contribution >= 4 is 39.8 Å². The van der Waals surface area contributed by atoms with E-state index in [1.165, 1.54) is 0 Å². The molecule has 0 saturated carbocycles. The molecule has 24 heavy (non-hydrogen) atoms. The number of carbonyl (C=O) groups excluding carboxylic acids is 1. The number of fused-ring (bicyclic) bond motifs is 1. The lowest BCUT2D eigenvalue weighted by Crippen LogP contribution is -2.14. The van der Waals surface area contributed by atoms with Gasteiger partial charge >= 0.3 is 0 Å². The first-order valence-corrected chi connectivity index (χ1v) is 7.97. The molecule has 1 N–H and O–H groups in total. The molecule has 0 aliphatic heterocycles. The van der Waals surface area contributed by atoms with Crippen molar-refractivity contribution in [2.75, 3.05) is 24.3 Å². The standard InChI is InChI=1S/C19H18ClN3O/c1-12-9-15(6-7-17(12)23(2)3)22-19(24)16-11-14(20)10-13-5-4-8-21-18(13)16/h4-11H,1-3H3,(H,22,24). The number of pyridine rings is 1. The average molecular weight is 340 g/mol. The number of amides is 1. The van der Waals surface area contributed by atoms with Gasteiger partial charge in [0.15, 0.2) is 0 Å². The first-order chi connectivity index (χ1) is 11.5. The van der Waals surface area contributed by atoms with Gasteiger partial charge in [-0.3, -0.25) is 9.78 Å². The molecule has 0 saturated heterocycles. The van der Waals surface area contributed by atoms with Gasteiger partial charge in [-0.1, -0.05) is 17.7 Å². The summed E-state index contributed by atoms with van der Waals surface area (Å²) in [5.74, 6) is -0.224. The SMILES string of the molecule is Cc1cc(NC(=O)c2cc(Cl)cc3cccnc23)ccc1N(C)C. The Balaban J connectivity index is 1.95. The topological polar surface area (TPSA) is 45.2 Å². The van der Waals surface area contributed by atoms with Gasteiger partial charge in [0.25, 0.3) is 5.91 Å². The van der Waals surface area contributed by atoms with E-state index < -0.39 is 0 Å². The second-order valence-electron chi connectivity index (χ2n) is 5.88. The molecule has 2 aromatic carbocycles. The molecule has 0 unspecified atom stereocenters. The Labute approximate surface area is 146 Å². The zero-order valence-corrected chi connectivity index (χ0v) is 14.6. The predicted molar refractivity (Wildman–Crippen MR) is 100 cm³/mol. The number of benzene rings is 2. The fourth-order valence-corrected chi connectivity index (χ4v) is 2.99. The van der Waals surface area contributed by atoms with Crippen molar-refractivity contribution in [1.29, 1.82) is 0 Å². The fourth-order valence-electron chi connectivity index (χ4n) is 2.76. The Bertz CT molecular complexity index is 922. The summed E-state index contributed by atoms with van der Waals surface area (Å²) in [5, 5.41) is 4.28. The molecule has 0 radical (unpaired) electrons. The molecule has 1 aromatic heterocycles. The van der Waals surface area contributed by atoms with Crippen molar-refractivity contribution in [3.63, 3.8) is 0 Å². The Morgan fingerprint density at radius 2 is 1.96 bits per heavy atom. The van der Waals surface area contributed by atoms with Crippen LogP contribution in [0.25, 0.3) is 10.9 Å². The molecule has 5 heteroatoms. The minimum absolute atomic E-state index is 0.224. The second-order valence-corrected chi connectivity index (χ2v) is 6.31. The molecular formula is C19H18ClN3O. The molecule has 1 heterocycles. The number of aryl methyl sites for hydroxylation is 1. The molecule has 3 aromatic rings. The van der Waals surface area contributed by atoms with Crippen LogP contribution in [0.15, 0.2) is 48.7 Å². The summed E-state index contributed by atoms with van der Waals surface area (Å²) in [6, 6.07) is 13.0. The third-order valence-corrected chi connectivity index (χ3v) is 4.07. The van der Waals surface area contributed by atoms with Crippen LogP contribution in [-0.2, 0) is 0 Å². The van der Waals surface area contributed by atoms with Crippen LogP contribution in [0.5, 0.6) is 0 Å². The van der Waals surface area contributed by atoms with E-state index in [2.05, 4.69) is 10.3 Å². The normalized spacial score (nSPS) is 10.7. The number of anilines is 2. The van der Waals surface area contributed by atoms with Crippen molar-refractivity contribution in [2.24, 2.45) is 0 Å². The van der Waals surface area contributed by atoms with Crippen molar-refractivity contribution in [1.82, 2.24) is 4.98 Å². The van der Waals surface area contributed by atoms with Crippen LogP contribution in [0, 0.1) is 6.92 Å². The van der Waals surface area contributed by atoms with Crippen LogP contribution >= 0.6 is 11.6 Å². The number of carbonyl (C=O) groups is 1. The molecule has 0 aliphatic rings. The van der Waals surface area contributed by atoms with Crippen molar-refractivity contribution in [3.8, 4) is 0 Å². The highest BCUT2D eigenvalue weighted by molar-refractivity contribution is 6.32. The lowest BCUT2D eigenvalue weighted by molar-refractivity contribution is 0.102. The van der Waals surface area contributed by atoms with E-state index in [-0.39, 0.29) is 5.91 Å². The van der Waals surface area contributed by atoms with Crippen LogP contribution in [0.1, 0.15) is 15.9 Å². The second kappa shape index (κ2) is 6.49. The summed E-state index contributed by atoms with van der Waals surface area (Å²) in [6.07, 6.45) is 1.67. The van der Waals surface area contributed by atoms with E-state index in [1.807, 2.05) is 56.3 Å². The fraction of sp³-hybridized carbons (Fsp3) is 0.158. The number of nitrogens with zero attached hydrogens (tertiary/aromatic N) is 2. The van der Waals surface area contributed by atoms with E-state index in [0.29, 0.717) is 16.1 Å². The molecular weight excluding hydrogens is 322 g/mol. The van der Waals surface area contributed by atoms with Crippen molar-refractivity contribution in [3.05, 3.63) is 64.8 Å². The number of nitrogens with one attached hydrogen (secondary N) is 1. The number of aromatic nitrogens is 1. The number of hydrogen-bond acceptors (Lipinski definition) is 3. The third kappa shape index (κ3) is 3.19. The molecule has 0 spiro atoms. The van der Waals surface area contributed by atoms with Gasteiger partial charge in [-0.15, -0.1) is 0 Å². The average Bonchev–Trinajstić information content (AvgIpc) is 2.53. The molecule has 0 fully saturated rings. The van der Waals surface area contributed by atoms with Crippen molar-refractivity contribution < 1.29 is 4.79 Å². The minimum atomic E-state index is -0.224. The van der Waals surface area contributed by atoms with Crippen molar-refractivity contribution in [2.45, 2.75) is 6.92 Å². The van der Waals surface area contributed by atoms with Gasteiger partial charge in [0.1, 0.15) is 0 Å². The molecule has 1 amide bonds. The highest BCUT2D eigenvalue weighted by Gasteiger charge is 2.13. The Morgan fingerprint density at radius 3 is 2.67 bits per heavy atom. The monoisotopic (exact) mass is 339 g/mol. The van der Waals surface area contributed by atoms with Gasteiger partial charge < -0.3 is 10.2 Å². The van der Waals surface area contributed by atoms with Crippen LogP contribution in [0.3, 0.4) is 0 Å². The van der Waals surface area contributed by atoms with Gasteiger partial charge in [0.05, 0.1) is 11.1 Å². The zero-order valence-electron chi connectivity index (χ0n) is 13.8. The van der Waals surface area contributed by atoms with Crippen LogP contribution in [0.4, 0.5) is 11.4 Å². The number of halogens is 1. The van der Waals surface area contributed by atoms with Crippen LogP contribution in [-0.4, -0.2) is 25.0 Å². The van der Waals surface area contributed by atoms with Gasteiger partial charge in [-0.25, -0.2) is 0 Å². The summed E-state index contributed by atoms with van der Waals surface area (Å²) < 4.78 is 0. The maximum absolute atomic E-state index is 12.7. The highest BCUT2D eigenvalue weighted by Crippen LogP contribution is 2.25. The Hall–Kier alpha value is -2.59. The maximum Gasteiger partial charge on any atom is 0.257 e. The van der Waals surface area contributed by atoms with E-state index >= 15 is 0 Å². The smallest absolute Gasteiger partial charge is 0.257 e. The van der Waals surface area contributed by atoms with E-state index in [9.17, 15) is 4.79 Å². The summed E-state index contributed by atoms with van der Waals surface area (Å²) in [6.45, 7) is 2.02. The van der Waals surface area contributed by atoms with Gasteiger partial charge in [-0.05, 0) is 48.9 Å². The summed E-state index contributed by atoms with van der Waals surface area (Å²) >= 11 is 6.14. The first-order valence-electron chi connectivity index (χ1n) is 7.59. The zero-order chi connectivity index (χ0) is 17.3. The quantitative estimate of drug-likeness (QED) is 0.763. The largest absolute Gasteiger partial charge is 0.377 e. The lowest BCUT2D eigenvalue weighted by atomic mass is 10.1. The molecule has 122 valence electrons. The lowest BCUT2D eigenvalue weighted by Gasteiger charge is -2.16. The van der Waals surface area contributed by atoms with Crippen LogP contribution in [0.2, 0.25) is 5.02 Å². The minimum Gasteiger partial charge on any atom is -0.377 e. The van der Waals surface area contributed by atoms with Gasteiger partial charge in [-0.2, -0.15) is 0 Å².